The monoisotopic (exact) mass is 405 g/mol. The van der Waals surface area contributed by atoms with E-state index in [1.54, 1.807) is 18.3 Å². The van der Waals surface area contributed by atoms with Crippen LogP contribution in [0.3, 0.4) is 0 Å². The number of fused-ring (bicyclic) bond motifs is 2. The Morgan fingerprint density at radius 3 is 2.83 bits per heavy atom. The number of rotatable bonds is 3. The highest BCUT2D eigenvalue weighted by molar-refractivity contribution is 5.82. The van der Waals surface area contributed by atoms with E-state index in [0.29, 0.717) is 16.7 Å². The Morgan fingerprint density at radius 2 is 1.93 bits per heavy atom. The molecule has 1 atom stereocenters. The highest BCUT2D eigenvalue weighted by atomic mass is 19.1. The van der Waals surface area contributed by atoms with Crippen molar-refractivity contribution in [3.05, 3.63) is 53.5 Å². The molecule has 0 unspecified atom stereocenters. The first kappa shape index (κ1) is 18.4. The van der Waals surface area contributed by atoms with Crippen molar-refractivity contribution in [3.8, 4) is 0 Å². The number of halogens is 1. The molecule has 156 valence electrons. The van der Waals surface area contributed by atoms with E-state index in [1.165, 1.54) is 50.2 Å². The first-order valence-corrected chi connectivity index (χ1v) is 11.4. The van der Waals surface area contributed by atoms with Gasteiger partial charge in [-0.3, -0.25) is 9.88 Å². The van der Waals surface area contributed by atoms with Crippen molar-refractivity contribution < 1.29 is 4.39 Å². The minimum atomic E-state index is -0.187. The summed E-state index contributed by atoms with van der Waals surface area (Å²) in [5.74, 6) is 2.87. The average molecular weight is 406 g/mol. The van der Waals surface area contributed by atoms with Crippen LogP contribution in [-0.4, -0.2) is 37.7 Å². The van der Waals surface area contributed by atoms with Crippen molar-refractivity contribution in [3.63, 3.8) is 0 Å². The Morgan fingerprint density at radius 1 is 1.03 bits per heavy atom. The maximum atomic E-state index is 14.1. The molecule has 6 rings (SSSR count). The predicted molar refractivity (Wildman–Crippen MR) is 114 cm³/mol. The number of aryl methyl sites for hydroxylation is 1. The first-order chi connectivity index (χ1) is 14.7. The fraction of sp³-hybridized carbons (Fsp3) is 0.542. The molecule has 1 saturated heterocycles. The number of aromatic nitrogens is 4. The van der Waals surface area contributed by atoms with Crippen LogP contribution in [0.1, 0.15) is 61.7 Å². The Hall–Kier alpha value is -2.34. The van der Waals surface area contributed by atoms with Gasteiger partial charge < -0.3 is 4.57 Å². The lowest BCUT2D eigenvalue weighted by Gasteiger charge is -2.33. The zero-order valence-electron chi connectivity index (χ0n) is 17.4. The van der Waals surface area contributed by atoms with Crippen LogP contribution in [0.5, 0.6) is 0 Å². The summed E-state index contributed by atoms with van der Waals surface area (Å²) in [4.78, 5) is 6.96. The number of likely N-dealkylation sites (tertiary alicyclic amines) is 1. The van der Waals surface area contributed by atoms with E-state index in [9.17, 15) is 4.39 Å². The highest BCUT2D eigenvalue weighted by Gasteiger charge is 2.57. The second kappa shape index (κ2) is 7.12. The topological polar surface area (TPSA) is 46.8 Å². The van der Waals surface area contributed by atoms with Crippen LogP contribution in [-0.2, 0) is 19.5 Å². The molecule has 1 aromatic carbocycles. The van der Waals surface area contributed by atoms with Gasteiger partial charge in [0, 0.05) is 37.0 Å². The molecular formula is C24H28FN5. The fourth-order valence-electron chi connectivity index (χ4n) is 5.75. The fourth-order valence-corrected chi connectivity index (χ4v) is 5.75. The molecule has 0 bridgehead atoms. The molecule has 1 spiro atoms. The summed E-state index contributed by atoms with van der Waals surface area (Å²) in [5, 5.41) is 9.79. The molecule has 1 aliphatic carbocycles. The van der Waals surface area contributed by atoms with Gasteiger partial charge in [0.25, 0.3) is 0 Å². The van der Waals surface area contributed by atoms with Crippen LogP contribution < -0.4 is 0 Å². The van der Waals surface area contributed by atoms with Gasteiger partial charge in [-0.05, 0) is 74.4 Å². The van der Waals surface area contributed by atoms with Gasteiger partial charge in [-0.2, -0.15) is 0 Å². The van der Waals surface area contributed by atoms with Gasteiger partial charge in [0.2, 0.25) is 0 Å². The molecule has 2 aliphatic heterocycles. The van der Waals surface area contributed by atoms with Gasteiger partial charge in [-0.15, -0.1) is 10.2 Å². The van der Waals surface area contributed by atoms with Gasteiger partial charge in [0.1, 0.15) is 17.5 Å². The molecular weight excluding hydrogens is 377 g/mol. The third kappa shape index (κ3) is 3.04. The molecule has 30 heavy (non-hydrogen) atoms. The van der Waals surface area contributed by atoms with Gasteiger partial charge in [-0.25, -0.2) is 4.39 Å². The number of piperidine rings is 1. The smallest absolute Gasteiger partial charge is 0.136 e. The van der Waals surface area contributed by atoms with Crippen molar-refractivity contribution in [2.24, 2.45) is 5.41 Å². The van der Waals surface area contributed by atoms with Crippen molar-refractivity contribution in [2.45, 2.75) is 64.0 Å². The minimum absolute atomic E-state index is 0.187. The van der Waals surface area contributed by atoms with E-state index in [-0.39, 0.29) is 5.82 Å². The predicted octanol–water partition coefficient (Wildman–Crippen LogP) is 4.46. The van der Waals surface area contributed by atoms with Gasteiger partial charge in [-0.1, -0.05) is 12.5 Å². The maximum absolute atomic E-state index is 14.1. The molecule has 4 heterocycles. The summed E-state index contributed by atoms with van der Waals surface area (Å²) in [6.45, 7) is 4.11. The van der Waals surface area contributed by atoms with Crippen molar-refractivity contribution in [1.82, 2.24) is 24.6 Å². The largest absolute Gasteiger partial charge is 0.315 e. The van der Waals surface area contributed by atoms with Gasteiger partial charge in [0.05, 0.1) is 5.52 Å². The highest BCUT2D eigenvalue weighted by Crippen LogP contribution is 2.64. The van der Waals surface area contributed by atoms with Crippen molar-refractivity contribution in [2.75, 3.05) is 13.1 Å². The molecule has 1 saturated carbocycles. The minimum Gasteiger partial charge on any atom is -0.315 e. The van der Waals surface area contributed by atoms with E-state index in [1.807, 2.05) is 12.1 Å². The molecule has 3 aliphatic rings. The standard InChI is InChI=1S/C24H28FN5/c25-20-8-7-17(22-18(20)5-4-11-26-22)16-29-13-9-24(10-14-29)15-19(24)23-28-27-21-6-2-1-3-12-30(21)23/h4-5,7-8,11,19H,1-3,6,9-10,12-16H2/t19-/m0/s1. The van der Waals surface area contributed by atoms with Crippen LogP contribution in [0.25, 0.3) is 10.9 Å². The van der Waals surface area contributed by atoms with Crippen LogP contribution in [0, 0.1) is 11.2 Å². The second-order valence-electron chi connectivity index (χ2n) is 9.44. The molecule has 2 fully saturated rings. The summed E-state index contributed by atoms with van der Waals surface area (Å²) in [7, 11) is 0. The molecule has 3 aromatic rings. The summed E-state index contributed by atoms with van der Waals surface area (Å²) in [5.41, 5.74) is 2.35. The van der Waals surface area contributed by atoms with E-state index in [2.05, 4.69) is 24.6 Å². The summed E-state index contributed by atoms with van der Waals surface area (Å²) in [6, 6.07) is 7.11. The Bertz CT molecular complexity index is 1080. The average Bonchev–Trinajstić information content (AvgIpc) is 3.41. The SMILES string of the molecule is Fc1ccc(CN2CCC3(CC2)C[C@H]3c2nnc3n2CCCCC3)c2ncccc12. The first-order valence-electron chi connectivity index (χ1n) is 11.4. The normalized spacial score (nSPS) is 23.4. The van der Waals surface area contributed by atoms with E-state index in [0.717, 1.165) is 43.7 Å². The molecule has 0 N–H and O–H groups in total. The van der Waals surface area contributed by atoms with Crippen LogP contribution in [0.4, 0.5) is 4.39 Å². The molecule has 0 amide bonds. The molecule has 6 heteroatoms. The van der Waals surface area contributed by atoms with E-state index < -0.39 is 0 Å². The molecule has 0 radical (unpaired) electrons. The quantitative estimate of drug-likeness (QED) is 0.645. The Balaban J connectivity index is 1.15. The molecule has 2 aromatic heterocycles. The number of hydrogen-bond donors (Lipinski definition) is 0. The van der Waals surface area contributed by atoms with Crippen molar-refractivity contribution >= 4 is 10.9 Å². The zero-order chi connectivity index (χ0) is 20.1. The lowest BCUT2D eigenvalue weighted by atomic mass is 9.90. The number of nitrogens with zero attached hydrogens (tertiary/aromatic N) is 5. The summed E-state index contributed by atoms with van der Waals surface area (Å²) in [6.07, 6.45) is 10.3. The third-order valence-corrected chi connectivity index (χ3v) is 7.69. The zero-order valence-corrected chi connectivity index (χ0v) is 17.4. The van der Waals surface area contributed by atoms with Gasteiger partial charge in [0.15, 0.2) is 0 Å². The van der Waals surface area contributed by atoms with Crippen molar-refractivity contribution in [1.29, 1.82) is 0 Å². The van der Waals surface area contributed by atoms with E-state index >= 15 is 0 Å². The number of benzene rings is 1. The number of hydrogen-bond acceptors (Lipinski definition) is 4. The Labute approximate surface area is 176 Å². The number of pyridine rings is 1. The lowest BCUT2D eigenvalue weighted by molar-refractivity contribution is 0.162. The summed E-state index contributed by atoms with van der Waals surface area (Å²) < 4.78 is 16.6. The summed E-state index contributed by atoms with van der Waals surface area (Å²) >= 11 is 0. The third-order valence-electron chi connectivity index (χ3n) is 7.69. The van der Waals surface area contributed by atoms with E-state index in [4.69, 9.17) is 0 Å². The van der Waals surface area contributed by atoms with Crippen LogP contribution >= 0.6 is 0 Å². The lowest BCUT2D eigenvalue weighted by Crippen LogP contribution is -2.34. The van der Waals surface area contributed by atoms with Crippen LogP contribution in [0.15, 0.2) is 30.5 Å². The maximum Gasteiger partial charge on any atom is 0.136 e. The second-order valence-corrected chi connectivity index (χ2v) is 9.44. The Kier molecular flexibility index (Phi) is 4.37. The molecule has 5 nitrogen and oxygen atoms in total. The van der Waals surface area contributed by atoms with Gasteiger partial charge >= 0.3 is 0 Å². The van der Waals surface area contributed by atoms with Crippen LogP contribution in [0.2, 0.25) is 0 Å².